The van der Waals surface area contributed by atoms with Gasteiger partial charge in [0.2, 0.25) is 0 Å². The molecule has 1 aliphatic rings. The number of benzene rings is 4. The summed E-state index contributed by atoms with van der Waals surface area (Å²) in [5.41, 5.74) is 6.06. The van der Waals surface area contributed by atoms with Crippen LogP contribution in [0.3, 0.4) is 0 Å². The van der Waals surface area contributed by atoms with Gasteiger partial charge < -0.3 is 9.31 Å². The lowest BCUT2D eigenvalue weighted by atomic mass is 9.78. The Morgan fingerprint density at radius 2 is 1.31 bits per heavy atom. The van der Waals surface area contributed by atoms with Crippen molar-refractivity contribution in [3.05, 3.63) is 97.2 Å². The molecule has 4 aromatic carbocycles. The van der Waals surface area contributed by atoms with E-state index in [4.69, 9.17) is 9.31 Å². The molecule has 1 aromatic heterocycles. The molecule has 2 heterocycles. The molecule has 172 valence electrons. The van der Waals surface area contributed by atoms with Gasteiger partial charge in [-0.3, -0.25) is 4.98 Å². The highest BCUT2D eigenvalue weighted by Crippen LogP contribution is 2.37. The molecule has 0 amide bonds. The van der Waals surface area contributed by atoms with Crippen LogP contribution in [0, 0.1) is 0 Å². The first-order chi connectivity index (χ1) is 16.8. The van der Waals surface area contributed by atoms with Crippen molar-refractivity contribution in [2.24, 2.45) is 0 Å². The van der Waals surface area contributed by atoms with E-state index < -0.39 is 0 Å². The van der Waals surface area contributed by atoms with E-state index in [9.17, 15) is 0 Å². The minimum absolute atomic E-state index is 0.360. The van der Waals surface area contributed by atoms with E-state index in [2.05, 4.69) is 118 Å². The maximum atomic E-state index is 6.29. The SMILES string of the molecule is CC1(C)OB(c2cccc(-c3cccc(-c4cccc5c4ccc4cccnc45)c3)c2)OC1(C)C. The molecule has 0 aliphatic carbocycles. The molecule has 1 saturated heterocycles. The Morgan fingerprint density at radius 1 is 0.629 bits per heavy atom. The van der Waals surface area contributed by atoms with Crippen LogP contribution >= 0.6 is 0 Å². The number of hydrogen-bond donors (Lipinski definition) is 0. The largest absolute Gasteiger partial charge is 0.494 e. The van der Waals surface area contributed by atoms with E-state index in [1.807, 2.05) is 12.3 Å². The first-order valence-electron chi connectivity index (χ1n) is 12.2. The predicted molar refractivity (Wildman–Crippen MR) is 146 cm³/mol. The molecule has 5 aromatic rings. The summed E-state index contributed by atoms with van der Waals surface area (Å²) < 4.78 is 12.6. The summed E-state index contributed by atoms with van der Waals surface area (Å²) in [6.07, 6.45) is 1.86. The van der Waals surface area contributed by atoms with Crippen LogP contribution in [0.4, 0.5) is 0 Å². The summed E-state index contributed by atoms with van der Waals surface area (Å²) in [5.74, 6) is 0. The van der Waals surface area contributed by atoms with Crippen LogP contribution in [-0.4, -0.2) is 23.3 Å². The second-order valence-corrected chi connectivity index (χ2v) is 10.3. The lowest BCUT2D eigenvalue weighted by molar-refractivity contribution is 0.00578. The highest BCUT2D eigenvalue weighted by atomic mass is 16.7. The normalized spacial score (nSPS) is 16.7. The van der Waals surface area contributed by atoms with Gasteiger partial charge >= 0.3 is 7.12 Å². The van der Waals surface area contributed by atoms with Crippen LogP contribution < -0.4 is 5.46 Å². The maximum Gasteiger partial charge on any atom is 0.494 e. The highest BCUT2D eigenvalue weighted by molar-refractivity contribution is 6.62. The van der Waals surface area contributed by atoms with Gasteiger partial charge in [0.1, 0.15) is 0 Å². The van der Waals surface area contributed by atoms with Gasteiger partial charge in [-0.2, -0.15) is 0 Å². The number of aromatic nitrogens is 1. The van der Waals surface area contributed by atoms with Gasteiger partial charge in [0.15, 0.2) is 0 Å². The molecule has 0 spiro atoms. The first-order valence-corrected chi connectivity index (χ1v) is 12.2. The topological polar surface area (TPSA) is 31.4 Å². The van der Waals surface area contributed by atoms with Gasteiger partial charge in [-0.25, -0.2) is 0 Å². The van der Waals surface area contributed by atoms with Gasteiger partial charge in [-0.15, -0.1) is 0 Å². The fourth-order valence-corrected chi connectivity index (χ4v) is 4.86. The third-order valence-electron chi connectivity index (χ3n) is 7.55. The molecule has 35 heavy (non-hydrogen) atoms. The molecule has 6 rings (SSSR count). The average molecular weight is 457 g/mol. The van der Waals surface area contributed by atoms with Crippen LogP contribution in [0.5, 0.6) is 0 Å². The Morgan fingerprint density at radius 3 is 2.11 bits per heavy atom. The number of hydrogen-bond acceptors (Lipinski definition) is 3. The standard InChI is InChI=1S/C31H28BNO2/c1-30(2)31(3,4)35-32(34-30)25-13-6-10-23(20-25)22-9-5-11-24(19-22)26-14-7-15-28-27(26)17-16-21-12-8-18-33-29(21)28/h5-20H,1-4H3. The number of fused-ring (bicyclic) bond motifs is 3. The lowest BCUT2D eigenvalue weighted by Gasteiger charge is -2.32. The molecule has 3 nitrogen and oxygen atoms in total. The van der Waals surface area contributed by atoms with Crippen molar-refractivity contribution in [2.45, 2.75) is 38.9 Å². The highest BCUT2D eigenvalue weighted by Gasteiger charge is 2.51. The van der Waals surface area contributed by atoms with Crippen molar-refractivity contribution < 1.29 is 9.31 Å². The second kappa shape index (κ2) is 8.05. The van der Waals surface area contributed by atoms with Crippen molar-refractivity contribution in [1.29, 1.82) is 0 Å². The van der Waals surface area contributed by atoms with Gasteiger partial charge in [-0.05, 0) is 72.9 Å². The van der Waals surface area contributed by atoms with Crippen LogP contribution in [-0.2, 0) is 9.31 Å². The monoisotopic (exact) mass is 457 g/mol. The minimum Gasteiger partial charge on any atom is -0.399 e. The summed E-state index contributed by atoms with van der Waals surface area (Å²) in [4.78, 5) is 4.65. The second-order valence-electron chi connectivity index (χ2n) is 10.3. The smallest absolute Gasteiger partial charge is 0.399 e. The van der Waals surface area contributed by atoms with Crippen molar-refractivity contribution in [1.82, 2.24) is 4.98 Å². The van der Waals surface area contributed by atoms with Crippen LogP contribution in [0.15, 0.2) is 97.2 Å². The Balaban J connectivity index is 1.40. The lowest BCUT2D eigenvalue weighted by Crippen LogP contribution is -2.41. The third-order valence-corrected chi connectivity index (χ3v) is 7.55. The fraction of sp³-hybridized carbons (Fsp3) is 0.194. The van der Waals surface area contributed by atoms with Crippen molar-refractivity contribution in [3.63, 3.8) is 0 Å². The van der Waals surface area contributed by atoms with E-state index in [-0.39, 0.29) is 18.3 Å². The van der Waals surface area contributed by atoms with Gasteiger partial charge in [0, 0.05) is 17.0 Å². The zero-order valence-electron chi connectivity index (χ0n) is 20.6. The quantitative estimate of drug-likeness (QED) is 0.216. The van der Waals surface area contributed by atoms with Crippen molar-refractivity contribution in [3.8, 4) is 22.3 Å². The Bertz CT molecular complexity index is 1560. The van der Waals surface area contributed by atoms with E-state index in [1.165, 1.54) is 21.9 Å². The predicted octanol–water partition coefficient (Wildman–Crippen LogP) is 7.02. The molecule has 1 fully saturated rings. The Kier molecular flexibility index (Phi) is 5.06. The Hall–Kier alpha value is -3.47. The zero-order chi connectivity index (χ0) is 24.2. The number of nitrogens with zero attached hydrogens (tertiary/aromatic N) is 1. The van der Waals surface area contributed by atoms with Crippen molar-refractivity contribution >= 4 is 34.3 Å². The molecule has 4 heteroatoms. The van der Waals surface area contributed by atoms with E-state index >= 15 is 0 Å². The van der Waals surface area contributed by atoms with Gasteiger partial charge in [0.05, 0.1) is 16.7 Å². The minimum atomic E-state index is -0.373. The zero-order valence-corrected chi connectivity index (χ0v) is 20.6. The van der Waals surface area contributed by atoms with Gasteiger partial charge in [-0.1, -0.05) is 78.9 Å². The van der Waals surface area contributed by atoms with E-state index in [1.54, 1.807) is 0 Å². The first kappa shape index (κ1) is 22.0. The summed E-state index contributed by atoms with van der Waals surface area (Å²) >= 11 is 0. The number of pyridine rings is 1. The van der Waals surface area contributed by atoms with E-state index in [0.29, 0.717) is 0 Å². The average Bonchev–Trinajstić information content (AvgIpc) is 3.10. The van der Waals surface area contributed by atoms with E-state index in [0.717, 1.165) is 27.5 Å². The summed E-state index contributed by atoms with van der Waals surface area (Å²) in [6, 6.07) is 32.2. The third kappa shape index (κ3) is 3.74. The molecule has 0 saturated carbocycles. The molecular weight excluding hydrogens is 429 g/mol. The fourth-order valence-electron chi connectivity index (χ4n) is 4.86. The molecule has 0 radical (unpaired) electrons. The Labute approximate surface area is 206 Å². The summed E-state index contributed by atoms with van der Waals surface area (Å²) in [6.45, 7) is 8.35. The summed E-state index contributed by atoms with van der Waals surface area (Å²) in [5, 5.41) is 3.54. The van der Waals surface area contributed by atoms with Crippen LogP contribution in [0.25, 0.3) is 43.9 Å². The molecule has 0 N–H and O–H groups in total. The molecule has 0 bridgehead atoms. The molecule has 1 aliphatic heterocycles. The molecule has 0 unspecified atom stereocenters. The van der Waals surface area contributed by atoms with Gasteiger partial charge in [0.25, 0.3) is 0 Å². The molecular formula is C31H28BNO2. The van der Waals surface area contributed by atoms with Crippen LogP contribution in [0.1, 0.15) is 27.7 Å². The van der Waals surface area contributed by atoms with Crippen LogP contribution in [0.2, 0.25) is 0 Å². The molecule has 0 atom stereocenters. The number of rotatable bonds is 3. The maximum absolute atomic E-state index is 6.29. The summed E-state index contributed by atoms with van der Waals surface area (Å²) in [7, 11) is -0.373. The van der Waals surface area contributed by atoms with Crippen molar-refractivity contribution in [2.75, 3.05) is 0 Å².